The number of fused-ring (bicyclic) bond motifs is 1. The van der Waals surface area contributed by atoms with E-state index in [0.29, 0.717) is 12.8 Å². The van der Waals surface area contributed by atoms with Gasteiger partial charge in [-0.2, -0.15) is 0 Å². The quantitative estimate of drug-likeness (QED) is 0.838. The fraction of sp³-hybridized carbons (Fsp3) is 0.471. The molecule has 0 saturated heterocycles. The smallest absolute Gasteiger partial charge is 0.323 e. The van der Waals surface area contributed by atoms with Gasteiger partial charge in [0.25, 0.3) is 0 Å². The predicted molar refractivity (Wildman–Crippen MR) is 86.0 cm³/mol. The summed E-state index contributed by atoms with van der Waals surface area (Å²) in [5.41, 5.74) is 1.89. The average molecular weight is 318 g/mol. The Balaban J connectivity index is 1.96. The molecule has 0 spiro atoms. The van der Waals surface area contributed by atoms with Crippen LogP contribution < -0.4 is 5.32 Å². The van der Waals surface area contributed by atoms with Gasteiger partial charge in [-0.15, -0.1) is 0 Å². The van der Waals surface area contributed by atoms with Crippen LogP contribution in [0.5, 0.6) is 0 Å². The molecule has 0 bridgehead atoms. The Labute approximate surface area is 135 Å². The number of para-hydroxylation sites is 1. The molecular formula is C17H22N2O4. The normalized spacial score (nSPS) is 16.7. The minimum Gasteiger partial charge on any atom is -0.480 e. The molecule has 0 saturated carbocycles. The standard InChI is InChI=1S/C17H22N2O4/c1-11(2)19(10-16(21)22)15(20)8-7-13-9-12-5-3-4-6-14(12)18-17(13)23/h3-6,11,13H,7-10H2,1-2H3,(H,18,23)(H,21,22). The largest absolute Gasteiger partial charge is 0.480 e. The number of carboxylic acid groups (broad SMARTS) is 1. The highest BCUT2D eigenvalue weighted by Crippen LogP contribution is 2.27. The lowest BCUT2D eigenvalue weighted by atomic mass is 9.89. The molecule has 2 N–H and O–H groups in total. The van der Waals surface area contributed by atoms with Crippen LogP contribution in [0.25, 0.3) is 0 Å². The van der Waals surface area contributed by atoms with Crippen LogP contribution in [-0.2, 0) is 20.8 Å². The molecule has 6 nitrogen and oxygen atoms in total. The Morgan fingerprint density at radius 1 is 1.35 bits per heavy atom. The first-order chi connectivity index (χ1) is 10.9. The molecule has 23 heavy (non-hydrogen) atoms. The Kier molecular flexibility index (Phi) is 5.36. The number of anilines is 1. The van der Waals surface area contributed by atoms with Crippen molar-refractivity contribution < 1.29 is 19.5 Å². The summed E-state index contributed by atoms with van der Waals surface area (Å²) in [4.78, 5) is 36.6. The third kappa shape index (κ3) is 4.31. The molecule has 2 amide bonds. The number of carbonyl (C=O) groups excluding carboxylic acids is 2. The van der Waals surface area contributed by atoms with Crippen molar-refractivity contribution in [3.63, 3.8) is 0 Å². The highest BCUT2D eigenvalue weighted by atomic mass is 16.4. The van der Waals surface area contributed by atoms with Crippen LogP contribution in [0, 0.1) is 5.92 Å². The van der Waals surface area contributed by atoms with Gasteiger partial charge >= 0.3 is 5.97 Å². The van der Waals surface area contributed by atoms with Gasteiger partial charge in [0.15, 0.2) is 0 Å². The molecule has 2 rings (SSSR count). The van der Waals surface area contributed by atoms with Crippen LogP contribution in [0.2, 0.25) is 0 Å². The second-order valence-electron chi connectivity index (χ2n) is 6.10. The second kappa shape index (κ2) is 7.26. The number of nitrogens with one attached hydrogen (secondary N) is 1. The maximum absolute atomic E-state index is 12.2. The third-order valence-electron chi connectivity index (χ3n) is 4.07. The molecule has 1 unspecified atom stereocenters. The highest BCUT2D eigenvalue weighted by molar-refractivity contribution is 5.96. The van der Waals surface area contributed by atoms with E-state index >= 15 is 0 Å². The summed E-state index contributed by atoms with van der Waals surface area (Å²) in [6, 6.07) is 7.44. The number of amides is 2. The number of carbonyl (C=O) groups is 3. The SMILES string of the molecule is CC(C)N(CC(=O)O)C(=O)CCC1Cc2ccccc2NC1=O. The minimum absolute atomic E-state index is 0.0779. The van der Waals surface area contributed by atoms with Crippen molar-refractivity contribution in [1.82, 2.24) is 4.90 Å². The summed E-state index contributed by atoms with van der Waals surface area (Å²) in [5, 5.41) is 11.8. The highest BCUT2D eigenvalue weighted by Gasteiger charge is 2.27. The summed E-state index contributed by atoms with van der Waals surface area (Å²) in [7, 11) is 0. The van der Waals surface area contributed by atoms with E-state index in [0.717, 1.165) is 11.3 Å². The molecule has 1 heterocycles. The average Bonchev–Trinajstić information content (AvgIpc) is 2.49. The first kappa shape index (κ1) is 17.0. The van der Waals surface area contributed by atoms with Gasteiger partial charge in [0.1, 0.15) is 6.54 Å². The first-order valence-corrected chi connectivity index (χ1v) is 7.78. The Morgan fingerprint density at radius 2 is 2.04 bits per heavy atom. The minimum atomic E-state index is -1.03. The number of benzene rings is 1. The summed E-state index contributed by atoms with van der Waals surface area (Å²) in [6.45, 7) is 3.25. The lowest BCUT2D eigenvalue weighted by Crippen LogP contribution is -2.41. The van der Waals surface area contributed by atoms with Crippen molar-refractivity contribution in [2.24, 2.45) is 5.92 Å². The van der Waals surface area contributed by atoms with Gasteiger partial charge in [0.2, 0.25) is 11.8 Å². The summed E-state index contributed by atoms with van der Waals surface area (Å²) in [5.74, 6) is -1.59. The third-order valence-corrected chi connectivity index (χ3v) is 4.07. The Morgan fingerprint density at radius 3 is 2.70 bits per heavy atom. The van der Waals surface area contributed by atoms with Crippen molar-refractivity contribution in [1.29, 1.82) is 0 Å². The number of aliphatic carboxylic acids is 1. The second-order valence-corrected chi connectivity index (χ2v) is 6.10. The van der Waals surface area contributed by atoms with Gasteiger partial charge in [-0.1, -0.05) is 18.2 Å². The zero-order valence-electron chi connectivity index (χ0n) is 13.4. The van der Waals surface area contributed by atoms with Crippen molar-refractivity contribution in [3.05, 3.63) is 29.8 Å². The van der Waals surface area contributed by atoms with E-state index in [1.54, 1.807) is 13.8 Å². The molecule has 0 aromatic heterocycles. The Bertz CT molecular complexity index is 612. The number of rotatable bonds is 6. The lowest BCUT2D eigenvalue weighted by molar-refractivity contribution is -0.146. The Hall–Kier alpha value is -2.37. The number of hydrogen-bond donors (Lipinski definition) is 2. The van der Waals surface area contributed by atoms with Crippen LogP contribution in [0.3, 0.4) is 0 Å². The van der Waals surface area contributed by atoms with E-state index in [-0.39, 0.29) is 36.7 Å². The first-order valence-electron chi connectivity index (χ1n) is 7.78. The van der Waals surface area contributed by atoms with Crippen LogP contribution in [0.4, 0.5) is 5.69 Å². The van der Waals surface area contributed by atoms with E-state index in [1.807, 2.05) is 24.3 Å². The van der Waals surface area contributed by atoms with Crippen molar-refractivity contribution >= 4 is 23.5 Å². The van der Waals surface area contributed by atoms with Crippen molar-refractivity contribution in [3.8, 4) is 0 Å². The molecule has 0 radical (unpaired) electrons. The molecular weight excluding hydrogens is 296 g/mol. The maximum Gasteiger partial charge on any atom is 0.323 e. The van der Waals surface area contributed by atoms with Gasteiger partial charge in [-0.3, -0.25) is 14.4 Å². The molecule has 1 aromatic rings. The maximum atomic E-state index is 12.2. The lowest BCUT2D eigenvalue weighted by Gasteiger charge is -2.27. The number of nitrogens with zero attached hydrogens (tertiary/aromatic N) is 1. The van der Waals surface area contributed by atoms with Gasteiger partial charge in [0, 0.05) is 24.1 Å². The van der Waals surface area contributed by atoms with Crippen LogP contribution in [0.1, 0.15) is 32.3 Å². The predicted octanol–water partition coefficient (Wildman–Crippen LogP) is 1.90. The van der Waals surface area contributed by atoms with E-state index in [4.69, 9.17) is 5.11 Å². The van der Waals surface area contributed by atoms with E-state index in [9.17, 15) is 14.4 Å². The van der Waals surface area contributed by atoms with Gasteiger partial charge in [-0.25, -0.2) is 0 Å². The van der Waals surface area contributed by atoms with Gasteiger partial charge < -0.3 is 15.3 Å². The van der Waals surface area contributed by atoms with E-state index in [1.165, 1.54) is 4.90 Å². The molecule has 0 fully saturated rings. The molecule has 1 aromatic carbocycles. The van der Waals surface area contributed by atoms with E-state index < -0.39 is 5.97 Å². The fourth-order valence-electron chi connectivity index (χ4n) is 2.79. The number of carboxylic acids is 1. The molecule has 0 aliphatic carbocycles. The van der Waals surface area contributed by atoms with Crippen LogP contribution in [-0.4, -0.2) is 40.4 Å². The monoisotopic (exact) mass is 318 g/mol. The summed E-state index contributed by atoms with van der Waals surface area (Å²) >= 11 is 0. The molecule has 1 atom stereocenters. The molecule has 6 heteroatoms. The van der Waals surface area contributed by atoms with Crippen molar-refractivity contribution in [2.45, 2.75) is 39.2 Å². The van der Waals surface area contributed by atoms with Crippen LogP contribution >= 0.6 is 0 Å². The van der Waals surface area contributed by atoms with Crippen molar-refractivity contribution in [2.75, 3.05) is 11.9 Å². The van der Waals surface area contributed by atoms with Gasteiger partial charge in [-0.05, 0) is 38.3 Å². The molecule has 1 aliphatic heterocycles. The molecule has 124 valence electrons. The topological polar surface area (TPSA) is 86.7 Å². The van der Waals surface area contributed by atoms with Crippen LogP contribution in [0.15, 0.2) is 24.3 Å². The molecule has 1 aliphatic rings. The summed E-state index contributed by atoms with van der Waals surface area (Å²) in [6.07, 6.45) is 1.20. The zero-order chi connectivity index (χ0) is 17.0. The zero-order valence-corrected chi connectivity index (χ0v) is 13.4. The van der Waals surface area contributed by atoms with Gasteiger partial charge in [0.05, 0.1) is 0 Å². The van der Waals surface area contributed by atoms with E-state index in [2.05, 4.69) is 5.32 Å². The number of hydrogen-bond acceptors (Lipinski definition) is 3. The summed E-state index contributed by atoms with van der Waals surface area (Å²) < 4.78 is 0. The fourth-order valence-corrected chi connectivity index (χ4v) is 2.79.